The molecular weight excluding hydrogens is 362 g/mol. The number of hydrogen-bond acceptors (Lipinski definition) is 3. The van der Waals surface area contributed by atoms with Crippen LogP contribution in [0.15, 0.2) is 70.1 Å². The number of aryl methyl sites for hydroxylation is 2. The average molecular weight is 387 g/mol. The van der Waals surface area contributed by atoms with Crippen molar-refractivity contribution in [1.82, 2.24) is 20.4 Å². The third-order valence-electron chi connectivity index (χ3n) is 4.81. The van der Waals surface area contributed by atoms with E-state index in [0.717, 1.165) is 39.4 Å². The normalized spacial score (nSPS) is 11.8. The smallest absolute Gasteiger partial charge is 0.191 e. The van der Waals surface area contributed by atoms with E-state index in [0.29, 0.717) is 19.0 Å². The maximum absolute atomic E-state index is 5.86. The first kappa shape index (κ1) is 18.8. The molecule has 2 aromatic carbocycles. The van der Waals surface area contributed by atoms with Crippen molar-refractivity contribution in [3.8, 4) is 5.69 Å². The van der Waals surface area contributed by atoms with Gasteiger partial charge in [-0.2, -0.15) is 5.10 Å². The second-order valence-electron chi connectivity index (χ2n) is 7.00. The van der Waals surface area contributed by atoms with Crippen molar-refractivity contribution in [2.75, 3.05) is 7.05 Å². The van der Waals surface area contributed by atoms with E-state index >= 15 is 0 Å². The number of nitrogens with one attached hydrogen (secondary N) is 2. The van der Waals surface area contributed by atoms with Crippen LogP contribution in [-0.4, -0.2) is 22.8 Å². The maximum Gasteiger partial charge on any atom is 0.191 e. The lowest BCUT2D eigenvalue weighted by Crippen LogP contribution is -2.36. The highest BCUT2D eigenvalue weighted by Gasteiger charge is 2.10. The van der Waals surface area contributed by atoms with Crippen LogP contribution in [0.4, 0.5) is 0 Å². The molecule has 0 unspecified atom stereocenters. The van der Waals surface area contributed by atoms with Crippen molar-refractivity contribution < 1.29 is 4.42 Å². The van der Waals surface area contributed by atoms with Gasteiger partial charge in [0.2, 0.25) is 0 Å². The first-order valence-electron chi connectivity index (χ1n) is 9.67. The lowest BCUT2D eigenvalue weighted by Gasteiger charge is -2.14. The van der Waals surface area contributed by atoms with Crippen LogP contribution in [0.5, 0.6) is 0 Å². The van der Waals surface area contributed by atoms with Crippen LogP contribution in [0.25, 0.3) is 16.7 Å². The van der Waals surface area contributed by atoms with Crippen LogP contribution in [0.2, 0.25) is 0 Å². The van der Waals surface area contributed by atoms with E-state index in [9.17, 15) is 0 Å². The molecule has 0 saturated carbocycles. The molecule has 0 spiro atoms. The van der Waals surface area contributed by atoms with Crippen molar-refractivity contribution >= 4 is 16.9 Å². The number of rotatable bonds is 5. The summed E-state index contributed by atoms with van der Waals surface area (Å²) in [5, 5.41) is 12.4. The fourth-order valence-electron chi connectivity index (χ4n) is 3.43. The van der Waals surface area contributed by atoms with Crippen molar-refractivity contribution in [3.63, 3.8) is 0 Å². The summed E-state index contributed by atoms with van der Waals surface area (Å²) in [4.78, 5) is 4.33. The van der Waals surface area contributed by atoms with Gasteiger partial charge in [-0.15, -0.1) is 0 Å². The van der Waals surface area contributed by atoms with Gasteiger partial charge in [-0.1, -0.05) is 36.4 Å². The van der Waals surface area contributed by atoms with Crippen molar-refractivity contribution in [3.05, 3.63) is 83.4 Å². The number of aliphatic imine (C=N–C) groups is 1. The third kappa shape index (κ3) is 4.16. The van der Waals surface area contributed by atoms with Gasteiger partial charge < -0.3 is 15.1 Å². The first-order chi connectivity index (χ1) is 14.1. The van der Waals surface area contributed by atoms with Gasteiger partial charge in [0.25, 0.3) is 0 Å². The summed E-state index contributed by atoms with van der Waals surface area (Å²) in [6, 6.07) is 20.4. The number of nitrogens with zero attached hydrogens (tertiary/aromatic N) is 3. The fraction of sp³-hybridized carbons (Fsp3) is 0.217. The molecule has 0 bridgehead atoms. The summed E-state index contributed by atoms with van der Waals surface area (Å²) in [7, 11) is 1.76. The minimum absolute atomic E-state index is 0.563. The molecule has 0 atom stereocenters. The summed E-state index contributed by atoms with van der Waals surface area (Å²) in [5.74, 6) is 1.59. The zero-order chi connectivity index (χ0) is 20.2. The van der Waals surface area contributed by atoms with E-state index in [4.69, 9.17) is 4.42 Å². The van der Waals surface area contributed by atoms with Gasteiger partial charge in [-0.25, -0.2) is 4.68 Å². The standard InChI is InChI=1S/C23H25N5O/c1-16-12-17(2)28(27-16)21-10-6-4-9-19(21)14-25-23(24-3)26-15-20-13-18-8-5-7-11-22(18)29-20/h4-13H,14-15H2,1-3H3,(H2,24,25,26). The van der Waals surface area contributed by atoms with Crippen LogP contribution in [-0.2, 0) is 13.1 Å². The molecule has 0 aliphatic rings. The Morgan fingerprint density at radius 1 is 1.00 bits per heavy atom. The summed E-state index contributed by atoms with van der Waals surface area (Å²) in [6.07, 6.45) is 0. The summed E-state index contributed by atoms with van der Waals surface area (Å²) in [5.41, 5.74) is 5.23. The van der Waals surface area contributed by atoms with E-state index in [1.54, 1.807) is 7.05 Å². The molecule has 4 aromatic rings. The van der Waals surface area contributed by atoms with E-state index in [1.165, 1.54) is 0 Å². The van der Waals surface area contributed by atoms with Crippen molar-refractivity contribution in [2.45, 2.75) is 26.9 Å². The Morgan fingerprint density at radius 2 is 1.76 bits per heavy atom. The highest BCUT2D eigenvalue weighted by Crippen LogP contribution is 2.19. The first-order valence-corrected chi connectivity index (χ1v) is 9.67. The lowest BCUT2D eigenvalue weighted by atomic mass is 10.1. The Hall–Kier alpha value is -3.54. The Morgan fingerprint density at radius 3 is 2.52 bits per heavy atom. The predicted octanol–water partition coefficient (Wildman–Crippen LogP) is 4.10. The van der Waals surface area contributed by atoms with Crippen LogP contribution < -0.4 is 10.6 Å². The zero-order valence-electron chi connectivity index (χ0n) is 16.9. The van der Waals surface area contributed by atoms with Crippen LogP contribution in [0, 0.1) is 13.8 Å². The average Bonchev–Trinajstić information content (AvgIpc) is 3.30. The van der Waals surface area contributed by atoms with E-state index < -0.39 is 0 Å². The Balaban J connectivity index is 1.43. The molecule has 0 fully saturated rings. The Bertz CT molecular complexity index is 1120. The van der Waals surface area contributed by atoms with Gasteiger partial charge in [0.15, 0.2) is 5.96 Å². The summed E-state index contributed by atoms with van der Waals surface area (Å²) >= 11 is 0. The molecule has 4 rings (SSSR count). The Labute approximate surface area is 170 Å². The number of guanidine groups is 1. The SMILES string of the molecule is CN=C(NCc1cc2ccccc2o1)NCc1ccccc1-n1nc(C)cc1C. The minimum atomic E-state index is 0.563. The van der Waals surface area contributed by atoms with Crippen LogP contribution in [0.1, 0.15) is 22.7 Å². The van der Waals surface area contributed by atoms with Gasteiger partial charge >= 0.3 is 0 Å². The van der Waals surface area contributed by atoms with Gasteiger partial charge in [0.1, 0.15) is 11.3 Å². The molecule has 2 aromatic heterocycles. The largest absolute Gasteiger partial charge is 0.459 e. The molecule has 0 radical (unpaired) electrons. The molecular formula is C23H25N5O. The molecule has 0 aliphatic carbocycles. The van der Waals surface area contributed by atoms with Gasteiger partial charge in [0.05, 0.1) is 17.9 Å². The number of furan rings is 1. The molecule has 0 aliphatic heterocycles. The molecule has 2 heterocycles. The summed E-state index contributed by atoms with van der Waals surface area (Å²) in [6.45, 7) is 5.27. The maximum atomic E-state index is 5.86. The second-order valence-corrected chi connectivity index (χ2v) is 7.00. The van der Waals surface area contributed by atoms with Gasteiger partial charge in [0, 0.05) is 24.7 Å². The second kappa shape index (κ2) is 8.22. The van der Waals surface area contributed by atoms with Gasteiger partial charge in [-0.05, 0) is 43.7 Å². The highest BCUT2D eigenvalue weighted by molar-refractivity contribution is 5.80. The zero-order valence-corrected chi connectivity index (χ0v) is 16.9. The fourth-order valence-corrected chi connectivity index (χ4v) is 3.43. The van der Waals surface area contributed by atoms with Crippen molar-refractivity contribution in [2.24, 2.45) is 4.99 Å². The van der Waals surface area contributed by atoms with Crippen LogP contribution >= 0.6 is 0 Å². The molecule has 148 valence electrons. The highest BCUT2D eigenvalue weighted by atomic mass is 16.3. The Kier molecular flexibility index (Phi) is 5.33. The summed E-state index contributed by atoms with van der Waals surface area (Å²) < 4.78 is 7.84. The number of aromatic nitrogens is 2. The van der Waals surface area contributed by atoms with E-state index in [1.807, 2.05) is 54.1 Å². The quantitative estimate of drug-likeness (QED) is 0.400. The topological polar surface area (TPSA) is 67.4 Å². The number of hydrogen-bond donors (Lipinski definition) is 2. The van der Waals surface area contributed by atoms with Crippen molar-refractivity contribution in [1.29, 1.82) is 0 Å². The minimum Gasteiger partial charge on any atom is -0.459 e. The molecule has 0 saturated heterocycles. The molecule has 29 heavy (non-hydrogen) atoms. The molecule has 6 heteroatoms. The predicted molar refractivity (Wildman–Crippen MR) is 116 cm³/mol. The van der Waals surface area contributed by atoms with E-state index in [2.05, 4.69) is 45.8 Å². The third-order valence-corrected chi connectivity index (χ3v) is 4.81. The molecule has 6 nitrogen and oxygen atoms in total. The van der Waals surface area contributed by atoms with Gasteiger partial charge in [-0.3, -0.25) is 4.99 Å². The lowest BCUT2D eigenvalue weighted by molar-refractivity contribution is 0.538. The monoisotopic (exact) mass is 387 g/mol. The van der Waals surface area contributed by atoms with E-state index in [-0.39, 0.29) is 0 Å². The number of benzene rings is 2. The number of fused-ring (bicyclic) bond motifs is 1. The number of para-hydroxylation sites is 2. The molecule has 0 amide bonds. The van der Waals surface area contributed by atoms with Crippen LogP contribution in [0.3, 0.4) is 0 Å². The molecule has 2 N–H and O–H groups in total.